The summed E-state index contributed by atoms with van der Waals surface area (Å²) in [5.74, 6) is 1.09. The lowest BCUT2D eigenvalue weighted by Gasteiger charge is -2.13. The number of hydrogen-bond donors (Lipinski definition) is 2. The van der Waals surface area contributed by atoms with Crippen molar-refractivity contribution in [3.8, 4) is 0 Å². The molecule has 0 spiro atoms. The summed E-state index contributed by atoms with van der Waals surface area (Å²) >= 11 is 0. The Labute approximate surface area is 103 Å². The number of ether oxygens (including phenoxy) is 1. The van der Waals surface area contributed by atoms with Gasteiger partial charge in [0.2, 0.25) is 0 Å². The molecule has 0 aromatic carbocycles. The van der Waals surface area contributed by atoms with E-state index in [4.69, 9.17) is 10.5 Å². The second-order valence-electron chi connectivity index (χ2n) is 4.25. The number of aliphatic hydroxyl groups is 1. The third-order valence-electron chi connectivity index (χ3n) is 3.04. The lowest BCUT2D eigenvalue weighted by atomic mass is 10.1. The average Bonchev–Trinajstić information content (AvgIpc) is 2.93. The molecule has 1 aliphatic rings. The quantitative estimate of drug-likeness (QED) is 0.788. The molecule has 7 heteroatoms. The van der Waals surface area contributed by atoms with Gasteiger partial charge in [-0.2, -0.15) is 0 Å². The van der Waals surface area contributed by atoms with Gasteiger partial charge in [-0.05, 0) is 6.08 Å². The standard InChI is InChI=1S/C11H13N5O2/c1-6-2-8(18-7(6)3-17)16-5-15-9-10(12)13-4-14-11(9)16/h2,4-7,17H,3H2,1H3,(H2,12,13,14)/t6-,7-/m0/s1. The number of anilines is 1. The summed E-state index contributed by atoms with van der Waals surface area (Å²) in [6.45, 7) is 1.96. The monoisotopic (exact) mass is 247 g/mol. The molecule has 2 atom stereocenters. The van der Waals surface area contributed by atoms with Gasteiger partial charge in [0, 0.05) is 5.92 Å². The summed E-state index contributed by atoms with van der Waals surface area (Å²) in [5.41, 5.74) is 6.86. The number of nitrogens with zero attached hydrogens (tertiary/aromatic N) is 4. The minimum atomic E-state index is -0.225. The van der Waals surface area contributed by atoms with E-state index in [0.717, 1.165) is 0 Å². The molecule has 18 heavy (non-hydrogen) atoms. The fourth-order valence-electron chi connectivity index (χ4n) is 1.99. The van der Waals surface area contributed by atoms with Crippen molar-refractivity contribution in [1.29, 1.82) is 0 Å². The van der Waals surface area contributed by atoms with Crippen molar-refractivity contribution in [2.75, 3.05) is 12.3 Å². The van der Waals surface area contributed by atoms with Crippen LogP contribution in [0.1, 0.15) is 6.92 Å². The highest BCUT2D eigenvalue weighted by atomic mass is 16.5. The van der Waals surface area contributed by atoms with Gasteiger partial charge < -0.3 is 15.6 Å². The molecule has 1 aliphatic heterocycles. The summed E-state index contributed by atoms with van der Waals surface area (Å²) in [7, 11) is 0. The highest BCUT2D eigenvalue weighted by molar-refractivity contribution is 5.83. The van der Waals surface area contributed by atoms with E-state index >= 15 is 0 Å². The molecule has 0 saturated carbocycles. The summed E-state index contributed by atoms with van der Waals surface area (Å²) in [4.78, 5) is 12.2. The maximum Gasteiger partial charge on any atom is 0.197 e. The van der Waals surface area contributed by atoms with Crippen LogP contribution in [0.25, 0.3) is 17.0 Å². The van der Waals surface area contributed by atoms with Crippen LogP contribution in [-0.2, 0) is 4.74 Å². The van der Waals surface area contributed by atoms with Crippen molar-refractivity contribution < 1.29 is 9.84 Å². The molecule has 0 fully saturated rings. The lowest BCUT2D eigenvalue weighted by molar-refractivity contribution is 0.0789. The number of fused-ring (bicyclic) bond motifs is 1. The Kier molecular flexibility index (Phi) is 2.41. The number of hydrogen-bond acceptors (Lipinski definition) is 6. The fraction of sp³-hybridized carbons (Fsp3) is 0.364. The van der Waals surface area contributed by atoms with Crippen molar-refractivity contribution in [2.45, 2.75) is 13.0 Å². The zero-order valence-corrected chi connectivity index (χ0v) is 9.82. The topological polar surface area (TPSA) is 99.1 Å². The van der Waals surface area contributed by atoms with E-state index in [1.807, 2.05) is 13.0 Å². The van der Waals surface area contributed by atoms with Gasteiger partial charge in [0.1, 0.15) is 18.8 Å². The molecule has 0 unspecified atom stereocenters. The molecule has 0 bridgehead atoms. The summed E-state index contributed by atoms with van der Waals surface area (Å²) in [6.07, 6.45) is 4.68. The first-order chi connectivity index (χ1) is 8.70. The third kappa shape index (κ3) is 1.52. The van der Waals surface area contributed by atoms with Crippen LogP contribution in [-0.4, -0.2) is 37.3 Å². The molecule has 94 valence electrons. The number of aliphatic hydroxyl groups excluding tert-OH is 1. The van der Waals surface area contributed by atoms with E-state index in [0.29, 0.717) is 22.9 Å². The molecular weight excluding hydrogens is 234 g/mol. The Morgan fingerprint density at radius 2 is 2.28 bits per heavy atom. The molecule has 3 N–H and O–H groups in total. The number of rotatable bonds is 2. The second-order valence-corrected chi connectivity index (χ2v) is 4.25. The SMILES string of the molecule is C[C@H]1C=C(n2cnc3c(N)ncnc32)O[C@H]1CO. The van der Waals surface area contributed by atoms with Crippen LogP contribution >= 0.6 is 0 Å². The molecule has 3 heterocycles. The zero-order chi connectivity index (χ0) is 12.7. The van der Waals surface area contributed by atoms with Crippen LogP contribution in [0.15, 0.2) is 18.7 Å². The van der Waals surface area contributed by atoms with Crippen molar-refractivity contribution in [3.63, 3.8) is 0 Å². The van der Waals surface area contributed by atoms with Crippen LogP contribution in [0.2, 0.25) is 0 Å². The van der Waals surface area contributed by atoms with Gasteiger partial charge in [-0.25, -0.2) is 15.0 Å². The minimum absolute atomic E-state index is 0.0229. The maximum atomic E-state index is 9.18. The molecule has 0 aliphatic carbocycles. The zero-order valence-electron chi connectivity index (χ0n) is 9.82. The number of aromatic nitrogens is 4. The van der Waals surface area contributed by atoms with E-state index in [-0.39, 0.29) is 18.6 Å². The van der Waals surface area contributed by atoms with Crippen LogP contribution in [0.5, 0.6) is 0 Å². The summed E-state index contributed by atoms with van der Waals surface area (Å²) in [5, 5.41) is 9.18. The Bertz CT molecular complexity index is 621. The highest BCUT2D eigenvalue weighted by Crippen LogP contribution is 2.28. The smallest absolute Gasteiger partial charge is 0.197 e. The molecule has 0 radical (unpaired) electrons. The Morgan fingerprint density at radius 3 is 3.00 bits per heavy atom. The van der Waals surface area contributed by atoms with Crippen LogP contribution in [0.4, 0.5) is 5.82 Å². The minimum Gasteiger partial charge on any atom is -0.472 e. The van der Waals surface area contributed by atoms with Crippen LogP contribution < -0.4 is 5.73 Å². The van der Waals surface area contributed by atoms with Gasteiger partial charge in [-0.15, -0.1) is 0 Å². The first kappa shape index (κ1) is 11.0. The number of nitrogens with two attached hydrogens (primary N) is 1. The Balaban J connectivity index is 2.06. The maximum absolute atomic E-state index is 9.18. The van der Waals surface area contributed by atoms with Crippen molar-refractivity contribution in [3.05, 3.63) is 18.7 Å². The normalized spacial score (nSPS) is 23.1. The van der Waals surface area contributed by atoms with E-state index in [1.165, 1.54) is 6.33 Å². The lowest BCUT2D eigenvalue weighted by Crippen LogP contribution is -2.19. The van der Waals surface area contributed by atoms with Gasteiger partial charge in [0.05, 0.1) is 6.61 Å². The summed E-state index contributed by atoms with van der Waals surface area (Å²) < 4.78 is 7.36. The molecule has 0 saturated heterocycles. The number of imidazole rings is 1. The third-order valence-corrected chi connectivity index (χ3v) is 3.04. The number of nitrogen functional groups attached to an aromatic ring is 1. The van der Waals surface area contributed by atoms with Crippen molar-refractivity contribution >= 4 is 22.9 Å². The van der Waals surface area contributed by atoms with Gasteiger partial charge in [0.15, 0.2) is 22.9 Å². The molecule has 0 amide bonds. The van der Waals surface area contributed by atoms with Crippen molar-refractivity contribution in [1.82, 2.24) is 19.5 Å². The average molecular weight is 247 g/mol. The largest absolute Gasteiger partial charge is 0.472 e. The van der Waals surface area contributed by atoms with Gasteiger partial charge in [-0.3, -0.25) is 4.57 Å². The van der Waals surface area contributed by atoms with E-state index in [1.54, 1.807) is 10.9 Å². The second kappa shape index (κ2) is 3.95. The van der Waals surface area contributed by atoms with E-state index < -0.39 is 0 Å². The van der Waals surface area contributed by atoms with E-state index in [9.17, 15) is 5.11 Å². The van der Waals surface area contributed by atoms with Gasteiger partial charge in [-0.1, -0.05) is 6.92 Å². The van der Waals surface area contributed by atoms with Crippen LogP contribution in [0.3, 0.4) is 0 Å². The predicted octanol–water partition coefficient (Wildman–Crippen LogP) is 0.234. The molecule has 2 aromatic heterocycles. The fourth-order valence-corrected chi connectivity index (χ4v) is 1.99. The van der Waals surface area contributed by atoms with Gasteiger partial charge in [0.25, 0.3) is 0 Å². The van der Waals surface area contributed by atoms with Crippen molar-refractivity contribution in [2.24, 2.45) is 5.92 Å². The molecule has 2 aromatic rings. The Hall–Kier alpha value is -2.15. The van der Waals surface area contributed by atoms with Crippen LogP contribution in [0, 0.1) is 5.92 Å². The molecule has 3 rings (SSSR count). The van der Waals surface area contributed by atoms with E-state index in [2.05, 4.69) is 15.0 Å². The first-order valence-corrected chi connectivity index (χ1v) is 5.64. The highest BCUT2D eigenvalue weighted by Gasteiger charge is 2.27. The molecular formula is C11H13N5O2. The first-order valence-electron chi connectivity index (χ1n) is 5.64. The predicted molar refractivity (Wildman–Crippen MR) is 65.1 cm³/mol. The Morgan fingerprint density at radius 1 is 1.44 bits per heavy atom. The molecule has 7 nitrogen and oxygen atoms in total. The summed E-state index contributed by atoms with van der Waals surface area (Å²) in [6, 6.07) is 0. The van der Waals surface area contributed by atoms with Gasteiger partial charge >= 0.3 is 0 Å².